The first-order valence-electron chi connectivity index (χ1n) is 7.35. The number of hydrogen-bond acceptors (Lipinski definition) is 3. The molecule has 0 aliphatic heterocycles. The van der Waals surface area contributed by atoms with E-state index in [9.17, 15) is 0 Å². The van der Waals surface area contributed by atoms with Crippen molar-refractivity contribution in [2.75, 3.05) is 6.54 Å². The van der Waals surface area contributed by atoms with Crippen LogP contribution in [0.3, 0.4) is 0 Å². The summed E-state index contributed by atoms with van der Waals surface area (Å²) in [6.45, 7) is 5.65. The quantitative estimate of drug-likeness (QED) is 0.782. The second kappa shape index (κ2) is 5.69. The Kier molecular flexibility index (Phi) is 3.75. The smallest absolute Gasteiger partial charge is 0.147 e. The summed E-state index contributed by atoms with van der Waals surface area (Å²) in [4.78, 5) is 4.38. The molecule has 2 aromatic heterocycles. The summed E-state index contributed by atoms with van der Waals surface area (Å²) in [7, 11) is 0. The molecule has 21 heavy (non-hydrogen) atoms. The van der Waals surface area contributed by atoms with Crippen molar-refractivity contribution in [1.82, 2.24) is 19.3 Å². The summed E-state index contributed by atoms with van der Waals surface area (Å²) in [6, 6.07) is 8.99. The van der Waals surface area contributed by atoms with Gasteiger partial charge in [-0.3, -0.25) is 0 Å². The molecule has 3 aromatic rings. The Hall–Kier alpha value is -2.14. The average Bonchev–Trinajstić information content (AvgIpc) is 3.07. The highest BCUT2D eigenvalue weighted by atomic mass is 15.4. The summed E-state index contributed by atoms with van der Waals surface area (Å²) >= 11 is 0. The molecule has 110 valence electrons. The van der Waals surface area contributed by atoms with Crippen molar-refractivity contribution in [1.29, 1.82) is 0 Å². The zero-order valence-electron chi connectivity index (χ0n) is 12.5. The molecule has 0 aliphatic rings. The van der Waals surface area contributed by atoms with Crippen LogP contribution >= 0.6 is 0 Å². The minimum atomic E-state index is 0.320. The Morgan fingerprint density at radius 2 is 2.10 bits per heavy atom. The van der Waals surface area contributed by atoms with Gasteiger partial charge in [-0.25, -0.2) is 9.67 Å². The van der Waals surface area contributed by atoms with E-state index < -0.39 is 0 Å². The number of fused-ring (bicyclic) bond motifs is 1. The van der Waals surface area contributed by atoms with E-state index in [0.29, 0.717) is 12.6 Å². The van der Waals surface area contributed by atoms with Gasteiger partial charge in [0.1, 0.15) is 12.2 Å². The molecule has 0 spiro atoms. The third kappa shape index (κ3) is 2.69. The number of rotatable bonds is 5. The highest BCUT2D eigenvalue weighted by molar-refractivity contribution is 5.81. The Morgan fingerprint density at radius 1 is 1.24 bits per heavy atom. The molecule has 0 bridgehead atoms. The zero-order chi connectivity index (χ0) is 14.8. The molecule has 2 heterocycles. The van der Waals surface area contributed by atoms with Crippen LogP contribution in [-0.4, -0.2) is 25.9 Å². The fraction of sp³-hybridized carbons (Fsp3) is 0.375. The third-order valence-corrected chi connectivity index (χ3v) is 3.72. The second-order valence-electron chi connectivity index (χ2n) is 5.59. The predicted molar refractivity (Wildman–Crippen MR) is 84.2 cm³/mol. The first kappa shape index (κ1) is 13.8. The van der Waals surface area contributed by atoms with Crippen molar-refractivity contribution in [3.63, 3.8) is 0 Å². The van der Waals surface area contributed by atoms with E-state index in [-0.39, 0.29) is 0 Å². The molecule has 0 radical (unpaired) electrons. The molecule has 1 aromatic carbocycles. The normalized spacial score (nSPS) is 11.6. The van der Waals surface area contributed by atoms with Gasteiger partial charge < -0.3 is 10.3 Å². The number of nitrogens with two attached hydrogens (primary N) is 1. The van der Waals surface area contributed by atoms with Crippen LogP contribution in [-0.2, 0) is 13.0 Å². The zero-order valence-corrected chi connectivity index (χ0v) is 12.5. The first-order chi connectivity index (χ1) is 10.2. The number of aromatic nitrogens is 4. The molecule has 5 heteroatoms. The van der Waals surface area contributed by atoms with Gasteiger partial charge in [-0.2, -0.15) is 5.10 Å². The topological polar surface area (TPSA) is 61.7 Å². The Balaban J connectivity index is 1.92. The monoisotopic (exact) mass is 283 g/mol. The van der Waals surface area contributed by atoms with Gasteiger partial charge in [0.25, 0.3) is 0 Å². The van der Waals surface area contributed by atoms with E-state index in [0.717, 1.165) is 18.8 Å². The maximum atomic E-state index is 5.62. The van der Waals surface area contributed by atoms with E-state index in [1.165, 1.54) is 16.5 Å². The Bertz CT molecular complexity index is 738. The molecule has 3 rings (SSSR count). The highest BCUT2D eigenvalue weighted by Gasteiger charge is 2.10. The summed E-state index contributed by atoms with van der Waals surface area (Å²) in [6.07, 6.45) is 4.65. The van der Waals surface area contributed by atoms with Gasteiger partial charge in [0, 0.05) is 17.8 Å². The summed E-state index contributed by atoms with van der Waals surface area (Å²) in [5.41, 5.74) is 8.12. The second-order valence-corrected chi connectivity index (χ2v) is 5.59. The highest BCUT2D eigenvalue weighted by Crippen LogP contribution is 2.19. The van der Waals surface area contributed by atoms with Crippen LogP contribution in [0, 0.1) is 0 Å². The van der Waals surface area contributed by atoms with Gasteiger partial charge in [0.2, 0.25) is 0 Å². The van der Waals surface area contributed by atoms with Crippen molar-refractivity contribution in [3.05, 3.63) is 48.2 Å². The lowest BCUT2D eigenvalue weighted by Crippen LogP contribution is -2.11. The van der Waals surface area contributed by atoms with Gasteiger partial charge >= 0.3 is 0 Å². The van der Waals surface area contributed by atoms with Crippen molar-refractivity contribution < 1.29 is 0 Å². The largest absolute Gasteiger partial charge is 0.340 e. The minimum Gasteiger partial charge on any atom is -0.340 e. The molecule has 0 amide bonds. The predicted octanol–water partition coefficient (Wildman–Crippen LogP) is 2.36. The molecule has 2 N–H and O–H groups in total. The van der Waals surface area contributed by atoms with E-state index >= 15 is 0 Å². The van der Waals surface area contributed by atoms with Crippen LogP contribution in [0.1, 0.15) is 31.3 Å². The SMILES string of the molecule is CC(C)n1ncnc1Cn1ccc2cc(CCN)ccc21. The number of benzene rings is 1. The van der Waals surface area contributed by atoms with Gasteiger partial charge in [-0.05, 0) is 56.0 Å². The van der Waals surface area contributed by atoms with Gasteiger partial charge in [0.05, 0.1) is 6.54 Å². The maximum Gasteiger partial charge on any atom is 0.147 e. The Morgan fingerprint density at radius 3 is 2.86 bits per heavy atom. The summed E-state index contributed by atoms with van der Waals surface area (Å²) < 4.78 is 4.18. The van der Waals surface area contributed by atoms with Crippen LogP contribution in [0.25, 0.3) is 10.9 Å². The van der Waals surface area contributed by atoms with Crippen molar-refractivity contribution in [3.8, 4) is 0 Å². The molecule has 0 aliphatic carbocycles. The van der Waals surface area contributed by atoms with Crippen LogP contribution in [0.2, 0.25) is 0 Å². The minimum absolute atomic E-state index is 0.320. The van der Waals surface area contributed by atoms with E-state index in [4.69, 9.17) is 5.73 Å². The van der Waals surface area contributed by atoms with E-state index in [2.05, 4.69) is 59.0 Å². The Labute approximate surface area is 124 Å². The van der Waals surface area contributed by atoms with E-state index in [1.54, 1.807) is 6.33 Å². The summed E-state index contributed by atoms with van der Waals surface area (Å²) in [5.74, 6) is 0.980. The molecule has 0 atom stereocenters. The molecular weight excluding hydrogens is 262 g/mol. The van der Waals surface area contributed by atoms with Crippen LogP contribution in [0.15, 0.2) is 36.8 Å². The molecule has 5 nitrogen and oxygen atoms in total. The van der Waals surface area contributed by atoms with Gasteiger partial charge in [-0.15, -0.1) is 0 Å². The fourth-order valence-electron chi connectivity index (χ4n) is 2.68. The van der Waals surface area contributed by atoms with Crippen molar-refractivity contribution >= 4 is 10.9 Å². The average molecular weight is 283 g/mol. The molecule has 0 fully saturated rings. The van der Waals surface area contributed by atoms with Gasteiger partial charge in [-0.1, -0.05) is 6.07 Å². The van der Waals surface area contributed by atoms with Crippen LogP contribution < -0.4 is 5.73 Å². The van der Waals surface area contributed by atoms with Crippen LogP contribution in [0.5, 0.6) is 0 Å². The van der Waals surface area contributed by atoms with Crippen molar-refractivity contribution in [2.45, 2.75) is 32.9 Å². The molecule has 0 unspecified atom stereocenters. The lowest BCUT2D eigenvalue weighted by Gasteiger charge is -2.11. The van der Waals surface area contributed by atoms with Gasteiger partial charge in [0.15, 0.2) is 0 Å². The molecule has 0 saturated carbocycles. The number of nitrogens with zero attached hydrogens (tertiary/aromatic N) is 4. The van der Waals surface area contributed by atoms with Crippen LogP contribution in [0.4, 0.5) is 0 Å². The standard InChI is InChI=1S/C16H21N5/c1-12(2)21-16(18-11-19-21)10-20-8-6-14-9-13(5-7-17)3-4-15(14)20/h3-4,6,8-9,11-12H,5,7,10,17H2,1-2H3. The first-order valence-corrected chi connectivity index (χ1v) is 7.35. The van der Waals surface area contributed by atoms with E-state index in [1.807, 2.05) is 4.68 Å². The maximum absolute atomic E-state index is 5.62. The lowest BCUT2D eigenvalue weighted by molar-refractivity contribution is 0.498. The third-order valence-electron chi connectivity index (χ3n) is 3.72. The molecular formula is C16H21N5. The molecule has 0 saturated heterocycles. The fourth-order valence-corrected chi connectivity index (χ4v) is 2.68. The lowest BCUT2D eigenvalue weighted by atomic mass is 10.1. The number of hydrogen-bond donors (Lipinski definition) is 1. The van der Waals surface area contributed by atoms with Crippen molar-refractivity contribution in [2.24, 2.45) is 5.73 Å². The summed E-state index contributed by atoms with van der Waals surface area (Å²) in [5, 5.41) is 5.54.